The quantitative estimate of drug-likeness (QED) is 0.569. The number of halogens is 2. The van der Waals surface area contributed by atoms with Gasteiger partial charge in [0, 0.05) is 23.6 Å². The van der Waals surface area contributed by atoms with Crippen LogP contribution in [0.25, 0.3) is 0 Å². The predicted molar refractivity (Wildman–Crippen MR) is 79.5 cm³/mol. The van der Waals surface area contributed by atoms with Gasteiger partial charge < -0.3 is 15.8 Å². The summed E-state index contributed by atoms with van der Waals surface area (Å²) < 4.78 is 19.2. The Labute approximate surface area is 122 Å². The molecule has 0 heterocycles. The minimum Gasteiger partial charge on any atom is -0.376 e. The monoisotopic (exact) mass is 330 g/mol. The first-order chi connectivity index (χ1) is 9.04. The second-order valence-corrected chi connectivity index (χ2v) is 5.27. The summed E-state index contributed by atoms with van der Waals surface area (Å²) in [5, 5.41) is 3.29. The molecule has 0 amide bonds. The van der Waals surface area contributed by atoms with Crippen molar-refractivity contribution in [2.75, 3.05) is 26.3 Å². The van der Waals surface area contributed by atoms with Gasteiger partial charge in [0.05, 0.1) is 13.2 Å². The molecule has 1 rings (SSSR count). The van der Waals surface area contributed by atoms with Crippen LogP contribution in [0.3, 0.4) is 0 Å². The Morgan fingerprint density at radius 2 is 2.32 bits per heavy atom. The highest BCUT2D eigenvalue weighted by Gasteiger charge is 2.12. The Morgan fingerprint density at radius 3 is 2.89 bits per heavy atom. The second kappa shape index (κ2) is 8.43. The van der Waals surface area contributed by atoms with E-state index in [2.05, 4.69) is 27.8 Å². The summed E-state index contributed by atoms with van der Waals surface area (Å²) >= 11 is 3.35. The Morgan fingerprint density at radius 1 is 1.58 bits per heavy atom. The number of benzene rings is 1. The molecule has 1 aromatic carbocycles. The third-order valence-corrected chi connectivity index (χ3v) is 3.25. The molecule has 0 radical (unpaired) electrons. The van der Waals surface area contributed by atoms with E-state index in [1.54, 1.807) is 6.07 Å². The van der Waals surface area contributed by atoms with Gasteiger partial charge in [0.2, 0.25) is 0 Å². The van der Waals surface area contributed by atoms with E-state index in [0.29, 0.717) is 26.3 Å². The van der Waals surface area contributed by atoms with Crippen LogP contribution in [0, 0.1) is 5.82 Å². The van der Waals surface area contributed by atoms with E-state index in [1.165, 1.54) is 12.1 Å². The van der Waals surface area contributed by atoms with Gasteiger partial charge in [0.1, 0.15) is 5.82 Å². The van der Waals surface area contributed by atoms with Gasteiger partial charge in [-0.25, -0.2) is 4.39 Å². The van der Waals surface area contributed by atoms with Gasteiger partial charge in [0.25, 0.3) is 0 Å². The van der Waals surface area contributed by atoms with Crippen LogP contribution in [0.4, 0.5) is 4.39 Å². The third-order valence-electron chi connectivity index (χ3n) is 2.56. The van der Waals surface area contributed by atoms with Crippen molar-refractivity contribution in [3.8, 4) is 0 Å². The predicted octanol–water partition coefficient (Wildman–Crippen LogP) is 2.77. The molecule has 0 spiro atoms. The Kier molecular flexibility index (Phi) is 7.23. The average molecular weight is 331 g/mol. The highest BCUT2D eigenvalue weighted by atomic mass is 79.9. The third kappa shape index (κ3) is 5.82. The molecule has 0 aliphatic heterocycles. The van der Waals surface area contributed by atoms with Crippen molar-refractivity contribution < 1.29 is 9.13 Å². The summed E-state index contributed by atoms with van der Waals surface area (Å²) in [6.45, 7) is 7.95. The SMILES string of the molecule is C=C(C)COCCNC(CN)c1ccc(F)cc1Br. The van der Waals surface area contributed by atoms with E-state index in [4.69, 9.17) is 10.5 Å². The number of rotatable bonds is 8. The lowest BCUT2D eigenvalue weighted by Gasteiger charge is -2.18. The maximum atomic E-state index is 13.0. The van der Waals surface area contributed by atoms with Crippen molar-refractivity contribution in [3.05, 3.63) is 46.2 Å². The van der Waals surface area contributed by atoms with E-state index in [1.807, 2.05) is 6.92 Å². The fraction of sp³-hybridized carbons (Fsp3) is 0.429. The van der Waals surface area contributed by atoms with E-state index in [9.17, 15) is 4.39 Å². The zero-order chi connectivity index (χ0) is 14.3. The first-order valence-electron chi connectivity index (χ1n) is 6.15. The zero-order valence-corrected chi connectivity index (χ0v) is 12.7. The molecule has 5 heteroatoms. The highest BCUT2D eigenvalue weighted by Crippen LogP contribution is 2.23. The number of ether oxygens (including phenoxy) is 1. The van der Waals surface area contributed by atoms with E-state index in [-0.39, 0.29) is 11.9 Å². The molecule has 106 valence electrons. The van der Waals surface area contributed by atoms with Crippen LogP contribution >= 0.6 is 15.9 Å². The molecule has 0 aliphatic carbocycles. The standard InChI is InChI=1S/C14H20BrFN2O/c1-10(2)9-19-6-5-18-14(8-17)12-4-3-11(16)7-13(12)15/h3-4,7,14,18H,1,5-6,8-9,17H2,2H3. The molecule has 1 atom stereocenters. The minimum absolute atomic E-state index is 0.0246. The van der Waals surface area contributed by atoms with Crippen LogP contribution in [0.15, 0.2) is 34.8 Å². The molecule has 0 bridgehead atoms. The number of hydrogen-bond donors (Lipinski definition) is 2. The van der Waals surface area contributed by atoms with Crippen molar-refractivity contribution >= 4 is 15.9 Å². The lowest BCUT2D eigenvalue weighted by atomic mass is 10.1. The molecule has 19 heavy (non-hydrogen) atoms. The molecule has 3 nitrogen and oxygen atoms in total. The first-order valence-corrected chi connectivity index (χ1v) is 6.94. The van der Waals surface area contributed by atoms with Crippen LogP contribution in [0.1, 0.15) is 18.5 Å². The molecule has 1 aromatic rings. The summed E-state index contributed by atoms with van der Waals surface area (Å²) in [5.41, 5.74) is 7.69. The fourth-order valence-corrected chi connectivity index (χ4v) is 2.28. The van der Waals surface area contributed by atoms with Crippen molar-refractivity contribution in [3.63, 3.8) is 0 Å². The van der Waals surface area contributed by atoms with Gasteiger partial charge in [-0.15, -0.1) is 0 Å². The second-order valence-electron chi connectivity index (χ2n) is 4.42. The smallest absolute Gasteiger partial charge is 0.124 e. The van der Waals surface area contributed by atoms with Crippen molar-refractivity contribution in [2.24, 2.45) is 5.73 Å². The molecule has 0 aromatic heterocycles. The van der Waals surface area contributed by atoms with Gasteiger partial charge in [-0.05, 0) is 24.6 Å². The minimum atomic E-state index is -0.267. The van der Waals surface area contributed by atoms with Gasteiger partial charge in [0.15, 0.2) is 0 Å². The first kappa shape index (κ1) is 16.3. The molecular formula is C14H20BrFN2O. The van der Waals surface area contributed by atoms with E-state index < -0.39 is 0 Å². The number of hydrogen-bond acceptors (Lipinski definition) is 3. The number of nitrogens with two attached hydrogens (primary N) is 1. The molecular weight excluding hydrogens is 311 g/mol. The van der Waals surface area contributed by atoms with Gasteiger partial charge in [-0.2, -0.15) is 0 Å². The van der Waals surface area contributed by atoms with Crippen LogP contribution in [0.2, 0.25) is 0 Å². The maximum Gasteiger partial charge on any atom is 0.124 e. The van der Waals surface area contributed by atoms with Crippen molar-refractivity contribution in [1.82, 2.24) is 5.32 Å². The molecule has 1 unspecified atom stereocenters. The van der Waals surface area contributed by atoms with Crippen molar-refractivity contribution in [1.29, 1.82) is 0 Å². The summed E-state index contributed by atoms with van der Waals surface area (Å²) in [5.74, 6) is -0.267. The van der Waals surface area contributed by atoms with Gasteiger partial charge in [-0.1, -0.05) is 34.1 Å². The molecule has 0 saturated carbocycles. The van der Waals surface area contributed by atoms with Crippen LogP contribution in [-0.4, -0.2) is 26.3 Å². The molecule has 0 aliphatic rings. The van der Waals surface area contributed by atoms with Crippen molar-refractivity contribution in [2.45, 2.75) is 13.0 Å². The number of nitrogens with one attached hydrogen (secondary N) is 1. The van der Waals surface area contributed by atoms with E-state index in [0.717, 1.165) is 15.6 Å². The van der Waals surface area contributed by atoms with E-state index >= 15 is 0 Å². The summed E-state index contributed by atoms with van der Waals surface area (Å²) in [6, 6.07) is 4.58. The largest absolute Gasteiger partial charge is 0.376 e. The molecule has 0 fully saturated rings. The maximum absolute atomic E-state index is 13.0. The lowest BCUT2D eigenvalue weighted by Crippen LogP contribution is -2.31. The van der Waals surface area contributed by atoms with Crippen LogP contribution < -0.4 is 11.1 Å². The van der Waals surface area contributed by atoms with Gasteiger partial charge in [-0.3, -0.25) is 0 Å². The van der Waals surface area contributed by atoms with Crippen LogP contribution in [-0.2, 0) is 4.74 Å². The Balaban J connectivity index is 2.47. The Hall–Kier alpha value is -0.750. The lowest BCUT2D eigenvalue weighted by molar-refractivity contribution is 0.155. The normalized spacial score (nSPS) is 12.4. The van der Waals surface area contributed by atoms with Crippen LogP contribution in [0.5, 0.6) is 0 Å². The molecule has 0 saturated heterocycles. The average Bonchev–Trinajstić information content (AvgIpc) is 2.34. The summed E-state index contributed by atoms with van der Waals surface area (Å²) in [6.07, 6.45) is 0. The summed E-state index contributed by atoms with van der Waals surface area (Å²) in [7, 11) is 0. The summed E-state index contributed by atoms with van der Waals surface area (Å²) in [4.78, 5) is 0. The zero-order valence-electron chi connectivity index (χ0n) is 11.1. The van der Waals surface area contributed by atoms with Gasteiger partial charge >= 0.3 is 0 Å². The molecule has 3 N–H and O–H groups in total. The topological polar surface area (TPSA) is 47.3 Å². The Bertz CT molecular complexity index is 426. The highest BCUT2D eigenvalue weighted by molar-refractivity contribution is 9.10. The fourth-order valence-electron chi connectivity index (χ4n) is 1.66.